The third-order valence-electron chi connectivity index (χ3n) is 6.11. The minimum Gasteiger partial charge on any atom is -0.326 e. The van der Waals surface area contributed by atoms with Gasteiger partial charge in [0.1, 0.15) is 11.6 Å². The summed E-state index contributed by atoms with van der Waals surface area (Å²) in [5, 5.41) is 7.15. The van der Waals surface area contributed by atoms with Crippen LogP contribution < -0.4 is 5.73 Å². The van der Waals surface area contributed by atoms with E-state index < -0.39 is 17.7 Å². The molecule has 4 heterocycles. The normalized spacial score (nSPS) is 24.8. The Balaban J connectivity index is 1.44. The highest BCUT2D eigenvalue weighted by Gasteiger charge is 2.40. The molecule has 30 heavy (non-hydrogen) atoms. The second-order valence-corrected chi connectivity index (χ2v) is 8.07. The maximum absolute atomic E-state index is 14.7. The van der Waals surface area contributed by atoms with Crippen molar-refractivity contribution in [1.82, 2.24) is 30.0 Å². The molecule has 1 saturated heterocycles. The fourth-order valence-electron chi connectivity index (χ4n) is 4.74. The van der Waals surface area contributed by atoms with Crippen LogP contribution in [0.15, 0.2) is 43.0 Å². The number of likely N-dealkylation sites (tertiary alicyclic amines) is 1. The monoisotopic (exact) mass is 411 g/mol. The van der Waals surface area contributed by atoms with Crippen molar-refractivity contribution >= 4 is 0 Å². The molecule has 7 nitrogen and oxygen atoms in total. The van der Waals surface area contributed by atoms with Crippen molar-refractivity contribution in [1.29, 1.82) is 0 Å². The van der Waals surface area contributed by atoms with Gasteiger partial charge in [-0.1, -0.05) is 0 Å². The fraction of sp³-hybridized carbons (Fsp3) is 0.381. The van der Waals surface area contributed by atoms with Crippen molar-refractivity contribution in [3.63, 3.8) is 0 Å². The van der Waals surface area contributed by atoms with Crippen LogP contribution >= 0.6 is 0 Å². The predicted molar refractivity (Wildman–Crippen MR) is 106 cm³/mol. The van der Waals surface area contributed by atoms with E-state index in [9.17, 15) is 8.78 Å². The molecule has 2 aliphatic rings. The number of hydrogen-bond donors (Lipinski definition) is 2. The Hall–Kier alpha value is -2.75. The summed E-state index contributed by atoms with van der Waals surface area (Å²) in [4.78, 5) is 13.0. The third-order valence-corrected chi connectivity index (χ3v) is 6.11. The zero-order valence-corrected chi connectivity index (χ0v) is 16.4. The minimum absolute atomic E-state index is 0.186. The van der Waals surface area contributed by atoms with Crippen molar-refractivity contribution in [2.75, 3.05) is 6.54 Å². The number of H-pyrrole nitrogens is 1. The topological polar surface area (TPSA) is 87.0 Å². The molecule has 156 valence electrons. The summed E-state index contributed by atoms with van der Waals surface area (Å²) in [7, 11) is 0. The predicted octanol–water partition coefficient (Wildman–Crippen LogP) is 2.14. The molecule has 3 atom stereocenters. The molecule has 5 rings (SSSR count). The van der Waals surface area contributed by atoms with Gasteiger partial charge in [0.25, 0.3) is 0 Å². The van der Waals surface area contributed by atoms with Gasteiger partial charge in [-0.15, -0.1) is 0 Å². The number of hydrogen-bond acceptors (Lipinski definition) is 6. The largest absolute Gasteiger partial charge is 0.326 e. The standard InChI is InChI=1S/C21H23F2N7/c22-14-1-2-18(23)17(5-14)21-19(24)6-16(29-9-13-7-27-28-20(13)12-29)11-30(21)10-15-8-25-3-4-26-15/h1-5,7-8,16,19,21H,6,9-12,24H2,(H,27,28)/t16?,19?,21-/m1/s1. The number of nitrogens with two attached hydrogens (primary N) is 1. The number of benzene rings is 1. The van der Waals surface area contributed by atoms with Crippen LogP contribution in [-0.4, -0.2) is 48.6 Å². The van der Waals surface area contributed by atoms with Crippen molar-refractivity contribution in [2.45, 2.75) is 44.2 Å². The van der Waals surface area contributed by atoms with E-state index in [2.05, 4.69) is 30.0 Å². The van der Waals surface area contributed by atoms with Gasteiger partial charge in [-0.3, -0.25) is 24.9 Å². The van der Waals surface area contributed by atoms with Crippen LogP contribution in [0.5, 0.6) is 0 Å². The van der Waals surface area contributed by atoms with Crippen LogP contribution in [0.1, 0.15) is 35.0 Å². The smallest absolute Gasteiger partial charge is 0.128 e. The number of halogens is 2. The van der Waals surface area contributed by atoms with E-state index >= 15 is 0 Å². The van der Waals surface area contributed by atoms with Crippen LogP contribution in [0, 0.1) is 11.6 Å². The summed E-state index contributed by atoms with van der Waals surface area (Å²) >= 11 is 0. The highest BCUT2D eigenvalue weighted by molar-refractivity contribution is 5.26. The van der Waals surface area contributed by atoms with Crippen molar-refractivity contribution in [3.05, 3.63) is 77.1 Å². The lowest BCUT2D eigenvalue weighted by Gasteiger charge is -2.46. The lowest BCUT2D eigenvalue weighted by molar-refractivity contribution is 0.0354. The average molecular weight is 411 g/mol. The van der Waals surface area contributed by atoms with Gasteiger partial charge in [-0.25, -0.2) is 8.78 Å². The highest BCUT2D eigenvalue weighted by Crippen LogP contribution is 2.36. The SMILES string of the molecule is NC1CC(N2Cc3cn[nH]c3C2)CN(Cc2cnccn2)[C@@H]1c1cc(F)ccc1F. The summed E-state index contributed by atoms with van der Waals surface area (Å²) in [6.45, 7) is 2.72. The van der Waals surface area contributed by atoms with Crippen molar-refractivity contribution in [2.24, 2.45) is 5.73 Å². The summed E-state index contributed by atoms with van der Waals surface area (Å²) in [6.07, 6.45) is 7.49. The Bertz CT molecular complexity index is 1000. The summed E-state index contributed by atoms with van der Waals surface area (Å²) in [6, 6.07) is 2.95. The van der Waals surface area contributed by atoms with E-state index in [1.807, 2.05) is 6.20 Å². The van der Waals surface area contributed by atoms with E-state index in [1.54, 1.807) is 18.6 Å². The van der Waals surface area contributed by atoms with Crippen LogP contribution in [0.25, 0.3) is 0 Å². The molecule has 0 spiro atoms. The number of piperidine rings is 1. The maximum Gasteiger partial charge on any atom is 0.128 e. The Labute approximate surface area is 172 Å². The summed E-state index contributed by atoms with van der Waals surface area (Å²) in [5.41, 5.74) is 9.98. The number of aromatic amines is 1. The number of nitrogens with zero attached hydrogens (tertiary/aromatic N) is 5. The van der Waals surface area contributed by atoms with Crippen LogP contribution in [0.4, 0.5) is 8.78 Å². The molecule has 9 heteroatoms. The zero-order valence-electron chi connectivity index (χ0n) is 16.4. The highest BCUT2D eigenvalue weighted by atomic mass is 19.1. The average Bonchev–Trinajstić information content (AvgIpc) is 3.33. The Morgan fingerprint density at radius 1 is 1.17 bits per heavy atom. The van der Waals surface area contributed by atoms with E-state index in [0.29, 0.717) is 25.1 Å². The molecule has 0 bridgehead atoms. The molecule has 0 aliphatic carbocycles. The van der Waals surface area contributed by atoms with Gasteiger partial charge in [0.05, 0.1) is 23.6 Å². The first kappa shape index (κ1) is 19.2. The van der Waals surface area contributed by atoms with E-state index in [0.717, 1.165) is 30.5 Å². The van der Waals surface area contributed by atoms with Gasteiger partial charge in [0.2, 0.25) is 0 Å². The van der Waals surface area contributed by atoms with Gasteiger partial charge < -0.3 is 5.73 Å². The first-order chi connectivity index (χ1) is 14.6. The van der Waals surface area contributed by atoms with Gasteiger partial charge >= 0.3 is 0 Å². The maximum atomic E-state index is 14.7. The van der Waals surface area contributed by atoms with Gasteiger partial charge in [0.15, 0.2) is 0 Å². The fourth-order valence-corrected chi connectivity index (χ4v) is 4.74. The molecular weight excluding hydrogens is 388 g/mol. The first-order valence-electron chi connectivity index (χ1n) is 10.0. The van der Waals surface area contributed by atoms with Gasteiger partial charge in [-0.05, 0) is 24.6 Å². The molecule has 0 amide bonds. The number of fused-ring (bicyclic) bond motifs is 1. The van der Waals surface area contributed by atoms with E-state index in [4.69, 9.17) is 5.73 Å². The lowest BCUT2D eigenvalue weighted by atomic mass is 9.87. The number of aromatic nitrogens is 4. The van der Waals surface area contributed by atoms with E-state index in [-0.39, 0.29) is 12.1 Å². The van der Waals surface area contributed by atoms with Gasteiger partial charge in [-0.2, -0.15) is 5.10 Å². The second-order valence-electron chi connectivity index (χ2n) is 8.07. The first-order valence-corrected chi connectivity index (χ1v) is 10.0. The lowest BCUT2D eigenvalue weighted by Crippen LogP contribution is -2.55. The summed E-state index contributed by atoms with van der Waals surface area (Å²) in [5.74, 6) is -0.910. The van der Waals surface area contributed by atoms with Crippen molar-refractivity contribution < 1.29 is 8.78 Å². The molecule has 2 unspecified atom stereocenters. The van der Waals surface area contributed by atoms with Crippen molar-refractivity contribution in [3.8, 4) is 0 Å². The molecule has 2 aromatic heterocycles. The molecule has 2 aliphatic heterocycles. The third kappa shape index (κ3) is 3.60. The Morgan fingerprint density at radius 2 is 2.07 bits per heavy atom. The molecular formula is C21H23F2N7. The van der Waals surface area contributed by atoms with E-state index in [1.165, 1.54) is 17.7 Å². The molecule has 0 radical (unpaired) electrons. The zero-order chi connectivity index (χ0) is 20.7. The Kier molecular flexibility index (Phi) is 5.01. The minimum atomic E-state index is -0.467. The molecule has 3 N–H and O–H groups in total. The molecule has 1 fully saturated rings. The van der Waals surface area contributed by atoms with Crippen LogP contribution in [0.3, 0.4) is 0 Å². The molecule has 1 aromatic carbocycles. The summed E-state index contributed by atoms with van der Waals surface area (Å²) < 4.78 is 28.6. The second kappa shape index (κ2) is 7.82. The molecule has 0 saturated carbocycles. The Morgan fingerprint density at radius 3 is 2.87 bits per heavy atom. The quantitative estimate of drug-likeness (QED) is 0.684. The number of nitrogens with one attached hydrogen (secondary N) is 1. The van der Waals surface area contributed by atoms with Crippen LogP contribution in [-0.2, 0) is 19.6 Å². The van der Waals surface area contributed by atoms with Gasteiger partial charge in [0, 0.05) is 68.0 Å². The van der Waals surface area contributed by atoms with Crippen LogP contribution in [0.2, 0.25) is 0 Å². The number of rotatable bonds is 4. The molecule has 3 aromatic rings.